The maximum absolute atomic E-state index is 12.9. The lowest BCUT2D eigenvalue weighted by molar-refractivity contribution is 0.303. The van der Waals surface area contributed by atoms with Crippen LogP contribution in [0.5, 0.6) is 5.75 Å². The monoisotopic (exact) mass is 368 g/mol. The summed E-state index contributed by atoms with van der Waals surface area (Å²) in [7, 11) is 0. The van der Waals surface area contributed by atoms with Gasteiger partial charge in [0.25, 0.3) is 5.56 Å². The molecule has 26 heavy (non-hydrogen) atoms. The normalized spacial score (nSPS) is 16.6. The zero-order valence-electron chi connectivity index (χ0n) is 15.1. The topological polar surface area (TPSA) is 44.1 Å². The lowest BCUT2D eigenvalue weighted by Crippen LogP contribution is -2.22. The Morgan fingerprint density at radius 2 is 2.12 bits per heavy atom. The molecule has 4 rings (SSSR count). The standard InChI is InChI=1S/C21H24N2O2S/c1-15-9-10-17-18(13-15)26-20-19(17)21(24)23(14-22-20)11-5-6-12-25-16-7-3-2-4-8-16/h2-4,7-8,14-15H,5-6,9-13H2,1H3/t15-/m0/s1. The molecule has 3 aromatic rings. The second-order valence-corrected chi connectivity index (χ2v) is 8.23. The zero-order chi connectivity index (χ0) is 17.9. The molecule has 0 radical (unpaired) electrons. The molecule has 0 unspecified atom stereocenters. The van der Waals surface area contributed by atoms with E-state index < -0.39 is 0 Å². The van der Waals surface area contributed by atoms with Crippen LogP contribution in [0.1, 0.15) is 36.6 Å². The average molecular weight is 369 g/mol. The summed E-state index contributed by atoms with van der Waals surface area (Å²) in [6.45, 7) is 3.65. The molecule has 1 aromatic carbocycles. The molecule has 4 nitrogen and oxygen atoms in total. The predicted molar refractivity (Wildman–Crippen MR) is 106 cm³/mol. The van der Waals surface area contributed by atoms with Crippen LogP contribution in [0.25, 0.3) is 10.2 Å². The smallest absolute Gasteiger partial charge is 0.262 e. The first-order valence-electron chi connectivity index (χ1n) is 9.40. The molecule has 0 N–H and O–H groups in total. The summed E-state index contributed by atoms with van der Waals surface area (Å²) in [5.41, 5.74) is 1.40. The Morgan fingerprint density at radius 3 is 2.96 bits per heavy atom. The minimum atomic E-state index is 0.131. The molecular weight excluding hydrogens is 344 g/mol. The van der Waals surface area contributed by atoms with Crippen LogP contribution in [0.4, 0.5) is 0 Å². The molecular formula is C21H24N2O2S. The van der Waals surface area contributed by atoms with Crippen molar-refractivity contribution in [3.05, 3.63) is 57.5 Å². The fourth-order valence-electron chi connectivity index (χ4n) is 3.62. The highest BCUT2D eigenvalue weighted by Gasteiger charge is 2.23. The van der Waals surface area contributed by atoms with Gasteiger partial charge in [-0.05, 0) is 55.7 Å². The van der Waals surface area contributed by atoms with Gasteiger partial charge in [0.15, 0.2) is 0 Å². The van der Waals surface area contributed by atoms with Gasteiger partial charge >= 0.3 is 0 Å². The summed E-state index contributed by atoms with van der Waals surface area (Å²) < 4.78 is 7.49. The van der Waals surface area contributed by atoms with Crippen molar-refractivity contribution in [1.29, 1.82) is 0 Å². The van der Waals surface area contributed by atoms with Gasteiger partial charge in [-0.3, -0.25) is 9.36 Å². The third kappa shape index (κ3) is 3.54. The van der Waals surface area contributed by atoms with Crippen molar-refractivity contribution >= 4 is 21.6 Å². The highest BCUT2D eigenvalue weighted by atomic mass is 32.1. The lowest BCUT2D eigenvalue weighted by atomic mass is 9.89. The number of hydrogen-bond donors (Lipinski definition) is 0. The maximum Gasteiger partial charge on any atom is 0.262 e. The number of unbranched alkanes of at least 4 members (excludes halogenated alkanes) is 1. The van der Waals surface area contributed by atoms with Crippen LogP contribution < -0.4 is 10.3 Å². The number of aromatic nitrogens is 2. The first-order valence-corrected chi connectivity index (χ1v) is 10.2. The Bertz CT molecular complexity index is 946. The average Bonchev–Trinajstić information content (AvgIpc) is 3.02. The molecule has 1 aliphatic carbocycles. The minimum absolute atomic E-state index is 0.131. The quantitative estimate of drug-likeness (QED) is 0.604. The predicted octanol–water partition coefficient (Wildman–Crippen LogP) is 4.44. The zero-order valence-corrected chi connectivity index (χ0v) is 15.9. The first-order chi connectivity index (χ1) is 12.7. The van der Waals surface area contributed by atoms with Crippen LogP contribution in [-0.4, -0.2) is 16.2 Å². The van der Waals surface area contributed by atoms with Crippen LogP contribution in [0.2, 0.25) is 0 Å². The van der Waals surface area contributed by atoms with E-state index in [1.807, 2.05) is 30.3 Å². The molecule has 0 fully saturated rings. The summed E-state index contributed by atoms with van der Waals surface area (Å²) in [5, 5.41) is 0.875. The Kier molecular flexibility index (Phi) is 5.07. The van der Waals surface area contributed by atoms with Gasteiger partial charge in [0.2, 0.25) is 0 Å². The molecule has 2 heterocycles. The van der Waals surface area contributed by atoms with Crippen LogP contribution in [0.3, 0.4) is 0 Å². The lowest BCUT2D eigenvalue weighted by Gasteiger charge is -2.17. The number of para-hydroxylation sites is 1. The van der Waals surface area contributed by atoms with Crippen LogP contribution in [0.15, 0.2) is 41.5 Å². The SMILES string of the molecule is C[C@H]1CCc2c(sc3ncn(CCCCOc4ccccc4)c(=O)c23)C1. The van der Waals surface area contributed by atoms with E-state index in [1.54, 1.807) is 22.2 Å². The number of rotatable bonds is 6. The molecule has 0 spiro atoms. The van der Waals surface area contributed by atoms with Gasteiger partial charge < -0.3 is 4.74 Å². The van der Waals surface area contributed by atoms with Gasteiger partial charge in [-0.1, -0.05) is 25.1 Å². The van der Waals surface area contributed by atoms with Crippen LogP contribution >= 0.6 is 11.3 Å². The van der Waals surface area contributed by atoms with Gasteiger partial charge in [0, 0.05) is 11.4 Å². The summed E-state index contributed by atoms with van der Waals surface area (Å²) in [4.78, 5) is 19.8. The molecule has 0 amide bonds. The van der Waals surface area contributed by atoms with E-state index in [-0.39, 0.29) is 5.56 Å². The third-order valence-electron chi connectivity index (χ3n) is 5.09. The number of fused-ring (bicyclic) bond motifs is 3. The van der Waals surface area contributed by atoms with E-state index in [2.05, 4.69) is 11.9 Å². The van der Waals surface area contributed by atoms with Gasteiger partial charge in [0.05, 0.1) is 18.3 Å². The van der Waals surface area contributed by atoms with Crippen molar-refractivity contribution in [2.24, 2.45) is 5.92 Å². The third-order valence-corrected chi connectivity index (χ3v) is 6.25. The van der Waals surface area contributed by atoms with Gasteiger partial charge in [-0.25, -0.2) is 4.98 Å². The largest absolute Gasteiger partial charge is 0.494 e. The molecule has 1 aliphatic rings. The number of thiophene rings is 1. The number of ether oxygens (including phenoxy) is 1. The number of benzene rings is 1. The van der Waals surface area contributed by atoms with Gasteiger partial charge in [-0.2, -0.15) is 0 Å². The molecule has 0 bridgehead atoms. The van der Waals surface area contributed by atoms with E-state index >= 15 is 0 Å². The van der Waals surface area contributed by atoms with Crippen molar-refractivity contribution < 1.29 is 4.74 Å². The van der Waals surface area contributed by atoms with E-state index in [1.165, 1.54) is 16.9 Å². The highest BCUT2D eigenvalue weighted by molar-refractivity contribution is 7.18. The highest BCUT2D eigenvalue weighted by Crippen LogP contribution is 2.35. The Balaban J connectivity index is 1.41. The summed E-state index contributed by atoms with van der Waals surface area (Å²) in [6.07, 6.45) is 6.81. The Hall–Kier alpha value is -2.14. The number of hydrogen-bond acceptors (Lipinski definition) is 4. The van der Waals surface area contributed by atoms with Crippen LogP contribution in [-0.2, 0) is 19.4 Å². The fourth-order valence-corrected chi connectivity index (χ4v) is 4.96. The summed E-state index contributed by atoms with van der Waals surface area (Å²) in [6, 6.07) is 9.84. The van der Waals surface area contributed by atoms with Crippen molar-refractivity contribution in [2.75, 3.05) is 6.61 Å². The second kappa shape index (κ2) is 7.62. The maximum atomic E-state index is 12.9. The first kappa shape index (κ1) is 17.3. The Morgan fingerprint density at radius 1 is 1.27 bits per heavy atom. The molecule has 0 aliphatic heterocycles. The summed E-state index contributed by atoms with van der Waals surface area (Å²) in [5.74, 6) is 1.61. The van der Waals surface area contributed by atoms with Crippen molar-refractivity contribution in [2.45, 2.75) is 45.6 Å². The summed E-state index contributed by atoms with van der Waals surface area (Å²) >= 11 is 1.71. The van der Waals surface area contributed by atoms with Crippen LogP contribution in [0, 0.1) is 5.92 Å². The Labute approximate surface area is 157 Å². The molecule has 0 saturated heterocycles. The van der Waals surface area contributed by atoms with Gasteiger partial charge in [-0.15, -0.1) is 11.3 Å². The van der Waals surface area contributed by atoms with Crippen molar-refractivity contribution in [1.82, 2.24) is 9.55 Å². The molecule has 2 aromatic heterocycles. The number of nitrogens with zero attached hydrogens (tertiary/aromatic N) is 2. The van der Waals surface area contributed by atoms with Crippen molar-refractivity contribution in [3.63, 3.8) is 0 Å². The van der Waals surface area contributed by atoms with E-state index in [9.17, 15) is 4.79 Å². The molecule has 1 atom stereocenters. The van der Waals surface area contributed by atoms with E-state index in [0.29, 0.717) is 19.1 Å². The van der Waals surface area contributed by atoms with E-state index in [4.69, 9.17) is 4.74 Å². The fraction of sp³-hybridized carbons (Fsp3) is 0.429. The molecule has 136 valence electrons. The molecule has 5 heteroatoms. The second-order valence-electron chi connectivity index (χ2n) is 7.14. The van der Waals surface area contributed by atoms with Gasteiger partial charge in [0.1, 0.15) is 10.6 Å². The van der Waals surface area contributed by atoms with Crippen molar-refractivity contribution in [3.8, 4) is 5.75 Å². The minimum Gasteiger partial charge on any atom is -0.494 e. The number of aryl methyl sites for hydroxylation is 2. The molecule has 0 saturated carbocycles. The van der Waals surface area contributed by atoms with E-state index in [0.717, 1.165) is 41.6 Å².